The van der Waals surface area contributed by atoms with Crippen molar-refractivity contribution in [2.45, 2.75) is 4.90 Å². The number of fused-ring (bicyclic) bond motifs is 1. The molecule has 5 rings (SSSR count). The van der Waals surface area contributed by atoms with E-state index in [1.165, 1.54) is 4.31 Å². The fourth-order valence-corrected chi connectivity index (χ4v) is 5.98. The standard InChI is InChI=1S/C31H30N4O3S/c1-34(2)21-22-35(39(37,38)26-13-7-4-8-14-26)25-19-17-24(18-20-25)32-30(23-11-5-3-6-12-23)29-27-15-9-10-16-28(27)33-31(29)36/h3-20,32H,21-22H2,1-2H3,(H,33,36)/b30-29-. The number of amides is 1. The first kappa shape index (κ1) is 26.2. The minimum Gasteiger partial charge on any atom is -0.354 e. The fourth-order valence-electron chi connectivity index (χ4n) is 4.50. The highest BCUT2D eigenvalue weighted by Gasteiger charge is 2.28. The van der Waals surface area contributed by atoms with Crippen molar-refractivity contribution in [1.29, 1.82) is 0 Å². The molecule has 0 atom stereocenters. The number of carbonyl (C=O) groups is 1. The molecule has 0 aliphatic carbocycles. The van der Waals surface area contributed by atoms with Crippen LogP contribution < -0.4 is 14.9 Å². The summed E-state index contributed by atoms with van der Waals surface area (Å²) in [5.41, 5.74) is 4.98. The SMILES string of the molecule is CN(C)CCN(c1ccc(N/C(=C2\C(=O)Nc3ccccc32)c2ccccc2)cc1)S(=O)(=O)c1ccccc1. The first-order valence-corrected chi connectivity index (χ1v) is 14.1. The number of nitrogens with one attached hydrogen (secondary N) is 2. The Hall–Kier alpha value is -4.40. The minimum atomic E-state index is -3.76. The lowest BCUT2D eigenvalue weighted by atomic mass is 10.00. The summed E-state index contributed by atoms with van der Waals surface area (Å²) in [4.78, 5) is 15.3. The fraction of sp³-hybridized carbons (Fsp3) is 0.129. The van der Waals surface area contributed by atoms with Crippen molar-refractivity contribution in [3.8, 4) is 0 Å². The van der Waals surface area contributed by atoms with Gasteiger partial charge in [-0.1, -0.05) is 66.7 Å². The third-order valence-corrected chi connectivity index (χ3v) is 8.33. The number of hydrogen-bond donors (Lipinski definition) is 2. The molecule has 4 aromatic rings. The molecule has 0 saturated heterocycles. The van der Waals surface area contributed by atoms with Crippen LogP contribution in [0.15, 0.2) is 114 Å². The third kappa shape index (κ3) is 5.57. The summed E-state index contributed by atoms with van der Waals surface area (Å²) in [5.74, 6) is -0.178. The number of carbonyl (C=O) groups excluding carboxylic acids is 1. The van der Waals surface area contributed by atoms with E-state index >= 15 is 0 Å². The molecule has 4 aromatic carbocycles. The topological polar surface area (TPSA) is 81.8 Å². The Balaban J connectivity index is 1.52. The van der Waals surface area contributed by atoms with Gasteiger partial charge in [0.1, 0.15) is 0 Å². The molecule has 0 radical (unpaired) electrons. The predicted octanol–water partition coefficient (Wildman–Crippen LogP) is 5.38. The van der Waals surface area contributed by atoms with Gasteiger partial charge in [-0.2, -0.15) is 0 Å². The second-order valence-electron chi connectivity index (χ2n) is 9.48. The summed E-state index contributed by atoms with van der Waals surface area (Å²) in [7, 11) is 0.0674. The van der Waals surface area contributed by atoms with Gasteiger partial charge in [-0.25, -0.2) is 8.42 Å². The summed E-state index contributed by atoms with van der Waals surface area (Å²) in [6.07, 6.45) is 0. The van der Waals surface area contributed by atoms with Crippen molar-refractivity contribution in [3.05, 3.63) is 120 Å². The van der Waals surface area contributed by atoms with Crippen LogP contribution in [-0.4, -0.2) is 46.4 Å². The van der Waals surface area contributed by atoms with E-state index in [2.05, 4.69) is 10.6 Å². The van der Waals surface area contributed by atoms with Crippen LogP contribution in [0.5, 0.6) is 0 Å². The maximum atomic E-state index is 13.6. The normalized spacial score (nSPS) is 14.1. The van der Waals surface area contributed by atoms with E-state index in [9.17, 15) is 13.2 Å². The van der Waals surface area contributed by atoms with Crippen LogP contribution in [0.3, 0.4) is 0 Å². The molecular formula is C31H30N4O3S. The molecular weight excluding hydrogens is 508 g/mol. The first-order chi connectivity index (χ1) is 18.8. The van der Waals surface area contributed by atoms with Gasteiger partial charge in [0.2, 0.25) is 0 Å². The van der Waals surface area contributed by atoms with Crippen LogP contribution in [0, 0.1) is 0 Å². The molecule has 198 valence electrons. The van der Waals surface area contributed by atoms with E-state index < -0.39 is 10.0 Å². The summed E-state index contributed by atoms with van der Waals surface area (Å²) in [5, 5.41) is 6.39. The highest BCUT2D eigenvalue weighted by molar-refractivity contribution is 7.92. The van der Waals surface area contributed by atoms with Gasteiger partial charge >= 0.3 is 0 Å². The molecule has 7 nitrogen and oxygen atoms in total. The van der Waals surface area contributed by atoms with Crippen LogP contribution in [0.4, 0.5) is 17.1 Å². The van der Waals surface area contributed by atoms with Gasteiger partial charge in [-0.15, -0.1) is 0 Å². The van der Waals surface area contributed by atoms with Crippen LogP contribution in [0.25, 0.3) is 11.3 Å². The number of nitrogens with zero attached hydrogens (tertiary/aromatic N) is 2. The highest BCUT2D eigenvalue weighted by Crippen LogP contribution is 2.37. The quantitative estimate of drug-likeness (QED) is 0.280. The minimum absolute atomic E-state index is 0.178. The van der Waals surface area contributed by atoms with Gasteiger partial charge in [0.05, 0.1) is 21.9 Å². The molecule has 0 saturated carbocycles. The summed E-state index contributed by atoms with van der Waals surface area (Å²) < 4.78 is 28.6. The van der Waals surface area contributed by atoms with E-state index in [0.717, 1.165) is 22.5 Å². The van der Waals surface area contributed by atoms with E-state index in [4.69, 9.17) is 0 Å². The predicted molar refractivity (Wildman–Crippen MR) is 158 cm³/mol. The molecule has 1 amide bonds. The van der Waals surface area contributed by atoms with Gasteiger partial charge in [-0.05, 0) is 62.1 Å². The average molecular weight is 539 g/mol. The van der Waals surface area contributed by atoms with Crippen molar-refractivity contribution in [3.63, 3.8) is 0 Å². The zero-order valence-electron chi connectivity index (χ0n) is 21.8. The monoisotopic (exact) mass is 538 g/mol. The molecule has 2 N–H and O–H groups in total. The molecule has 0 bridgehead atoms. The molecule has 1 aliphatic heterocycles. The number of para-hydroxylation sites is 1. The lowest BCUT2D eigenvalue weighted by Crippen LogP contribution is -2.36. The van der Waals surface area contributed by atoms with E-state index in [-0.39, 0.29) is 10.8 Å². The molecule has 1 aliphatic rings. The number of sulfonamides is 1. The maximum Gasteiger partial charge on any atom is 0.264 e. The zero-order chi connectivity index (χ0) is 27.4. The highest BCUT2D eigenvalue weighted by atomic mass is 32.2. The lowest BCUT2D eigenvalue weighted by Gasteiger charge is -2.26. The Kier molecular flexibility index (Phi) is 7.49. The molecule has 0 unspecified atom stereocenters. The Morgan fingerprint density at radius 2 is 1.38 bits per heavy atom. The Morgan fingerprint density at radius 3 is 2.05 bits per heavy atom. The number of anilines is 3. The van der Waals surface area contributed by atoms with Gasteiger partial charge < -0.3 is 15.5 Å². The number of rotatable bonds is 9. The van der Waals surface area contributed by atoms with Crippen molar-refractivity contribution in [1.82, 2.24) is 4.90 Å². The second kappa shape index (κ2) is 11.1. The number of hydrogen-bond acceptors (Lipinski definition) is 5. The van der Waals surface area contributed by atoms with Crippen LogP contribution in [0.1, 0.15) is 11.1 Å². The molecule has 0 fully saturated rings. The van der Waals surface area contributed by atoms with Gasteiger partial charge in [0.15, 0.2) is 0 Å². The molecule has 1 heterocycles. The van der Waals surface area contributed by atoms with Crippen molar-refractivity contribution >= 4 is 44.3 Å². The molecule has 0 aromatic heterocycles. The number of likely N-dealkylation sites (N-methyl/N-ethyl adjacent to an activating group) is 1. The largest absolute Gasteiger partial charge is 0.354 e. The lowest BCUT2D eigenvalue weighted by molar-refractivity contribution is -0.110. The first-order valence-electron chi connectivity index (χ1n) is 12.6. The second-order valence-corrected chi connectivity index (χ2v) is 11.3. The van der Waals surface area contributed by atoms with Crippen molar-refractivity contribution < 1.29 is 13.2 Å². The third-order valence-electron chi connectivity index (χ3n) is 6.49. The summed E-state index contributed by atoms with van der Waals surface area (Å²) >= 11 is 0. The molecule has 39 heavy (non-hydrogen) atoms. The van der Waals surface area contributed by atoms with Crippen molar-refractivity contribution in [2.24, 2.45) is 0 Å². The van der Waals surface area contributed by atoms with E-state index in [0.29, 0.717) is 30.0 Å². The van der Waals surface area contributed by atoms with Crippen LogP contribution in [0.2, 0.25) is 0 Å². The molecule has 0 spiro atoms. The Labute approximate surface area is 229 Å². The maximum absolute atomic E-state index is 13.6. The Morgan fingerprint density at radius 1 is 0.769 bits per heavy atom. The average Bonchev–Trinajstić information content (AvgIpc) is 3.28. The van der Waals surface area contributed by atoms with Crippen LogP contribution in [-0.2, 0) is 14.8 Å². The van der Waals surface area contributed by atoms with Crippen molar-refractivity contribution in [2.75, 3.05) is 42.1 Å². The zero-order valence-corrected chi connectivity index (χ0v) is 22.7. The smallest absolute Gasteiger partial charge is 0.264 e. The number of benzene rings is 4. The van der Waals surface area contributed by atoms with E-state index in [1.54, 1.807) is 42.5 Å². The Bertz CT molecular complexity index is 1600. The summed E-state index contributed by atoms with van der Waals surface area (Å²) in [6.45, 7) is 0.859. The summed E-state index contributed by atoms with van der Waals surface area (Å²) in [6, 6.07) is 33.0. The van der Waals surface area contributed by atoms with E-state index in [1.807, 2.05) is 85.7 Å². The van der Waals surface area contributed by atoms with Crippen LogP contribution >= 0.6 is 0 Å². The molecule has 8 heteroatoms. The van der Waals surface area contributed by atoms with Gasteiger partial charge in [0, 0.05) is 30.0 Å². The van der Waals surface area contributed by atoms with Gasteiger partial charge in [0.25, 0.3) is 15.9 Å². The van der Waals surface area contributed by atoms with Gasteiger partial charge in [-0.3, -0.25) is 9.10 Å².